The molecule has 0 aliphatic rings. The lowest BCUT2D eigenvalue weighted by Crippen LogP contribution is -2.06. The fraction of sp³-hybridized carbons (Fsp3) is 0.214. The van der Waals surface area contributed by atoms with E-state index < -0.39 is 11.7 Å². The SMILES string of the molecule is Cc1ccc(CNc2cccc(C(F)(F)F)c2)cn1. The van der Waals surface area contributed by atoms with Crippen LogP contribution in [0, 0.1) is 6.92 Å². The van der Waals surface area contributed by atoms with Crippen LogP contribution in [0.2, 0.25) is 0 Å². The van der Waals surface area contributed by atoms with Gasteiger partial charge in [0.15, 0.2) is 0 Å². The highest BCUT2D eigenvalue weighted by Crippen LogP contribution is 2.30. The average molecular weight is 266 g/mol. The van der Waals surface area contributed by atoms with Crippen LogP contribution in [0.25, 0.3) is 0 Å². The molecule has 5 heteroatoms. The highest BCUT2D eigenvalue weighted by Gasteiger charge is 2.30. The molecule has 0 atom stereocenters. The summed E-state index contributed by atoms with van der Waals surface area (Å²) >= 11 is 0. The Labute approximate surface area is 109 Å². The number of aromatic nitrogens is 1. The smallest absolute Gasteiger partial charge is 0.381 e. The first-order valence-corrected chi connectivity index (χ1v) is 5.78. The van der Waals surface area contributed by atoms with E-state index in [9.17, 15) is 13.2 Å². The van der Waals surface area contributed by atoms with E-state index in [1.54, 1.807) is 12.3 Å². The molecule has 1 N–H and O–H groups in total. The van der Waals surface area contributed by atoms with Crippen molar-refractivity contribution in [1.82, 2.24) is 4.98 Å². The van der Waals surface area contributed by atoms with Crippen LogP contribution in [0.3, 0.4) is 0 Å². The summed E-state index contributed by atoms with van der Waals surface area (Å²) < 4.78 is 37.6. The number of alkyl halides is 3. The molecule has 2 aromatic rings. The quantitative estimate of drug-likeness (QED) is 0.907. The number of rotatable bonds is 3. The van der Waals surface area contributed by atoms with Crippen molar-refractivity contribution in [3.63, 3.8) is 0 Å². The zero-order valence-corrected chi connectivity index (χ0v) is 10.3. The van der Waals surface area contributed by atoms with Crippen molar-refractivity contribution in [1.29, 1.82) is 0 Å². The summed E-state index contributed by atoms with van der Waals surface area (Å²) in [5.74, 6) is 0. The van der Waals surface area contributed by atoms with E-state index in [4.69, 9.17) is 0 Å². The molecular weight excluding hydrogens is 253 g/mol. The Hall–Kier alpha value is -2.04. The van der Waals surface area contributed by atoms with Gasteiger partial charge in [-0.3, -0.25) is 4.98 Å². The molecule has 0 bridgehead atoms. The van der Waals surface area contributed by atoms with Gasteiger partial charge in [0.1, 0.15) is 0 Å². The van der Waals surface area contributed by atoms with Gasteiger partial charge in [0.25, 0.3) is 0 Å². The van der Waals surface area contributed by atoms with E-state index in [1.807, 2.05) is 19.1 Å². The van der Waals surface area contributed by atoms with Gasteiger partial charge in [0.05, 0.1) is 5.56 Å². The number of pyridine rings is 1. The second-order valence-electron chi connectivity index (χ2n) is 4.24. The van der Waals surface area contributed by atoms with Crippen molar-refractivity contribution < 1.29 is 13.2 Å². The minimum atomic E-state index is -4.32. The summed E-state index contributed by atoms with van der Waals surface area (Å²) in [6.45, 7) is 2.32. The number of nitrogens with zero attached hydrogens (tertiary/aromatic N) is 1. The Morgan fingerprint density at radius 3 is 2.58 bits per heavy atom. The summed E-state index contributed by atoms with van der Waals surface area (Å²) in [6, 6.07) is 8.90. The Balaban J connectivity index is 2.05. The van der Waals surface area contributed by atoms with Crippen LogP contribution in [0.5, 0.6) is 0 Å². The minimum Gasteiger partial charge on any atom is -0.381 e. The van der Waals surface area contributed by atoms with E-state index in [2.05, 4.69) is 10.3 Å². The molecule has 0 saturated heterocycles. The average Bonchev–Trinajstić information content (AvgIpc) is 2.37. The van der Waals surface area contributed by atoms with E-state index in [0.717, 1.165) is 23.4 Å². The lowest BCUT2D eigenvalue weighted by atomic mass is 10.2. The van der Waals surface area contributed by atoms with Crippen LogP contribution in [0.1, 0.15) is 16.8 Å². The molecular formula is C14H13F3N2. The third-order valence-electron chi connectivity index (χ3n) is 2.66. The summed E-state index contributed by atoms with van der Waals surface area (Å²) in [4.78, 5) is 4.13. The number of hydrogen-bond acceptors (Lipinski definition) is 2. The van der Waals surface area contributed by atoms with E-state index >= 15 is 0 Å². The van der Waals surface area contributed by atoms with Crippen LogP contribution < -0.4 is 5.32 Å². The largest absolute Gasteiger partial charge is 0.416 e. The number of benzene rings is 1. The Bertz CT molecular complexity index is 547. The molecule has 0 unspecified atom stereocenters. The lowest BCUT2D eigenvalue weighted by Gasteiger charge is -2.10. The molecule has 2 nitrogen and oxygen atoms in total. The van der Waals surface area contributed by atoms with Gasteiger partial charge in [-0.1, -0.05) is 12.1 Å². The predicted octanol–water partition coefficient (Wildman–Crippen LogP) is 4.02. The fourth-order valence-corrected chi connectivity index (χ4v) is 1.61. The van der Waals surface area contributed by atoms with Crippen LogP contribution >= 0.6 is 0 Å². The second kappa shape index (κ2) is 5.30. The summed E-state index contributed by atoms with van der Waals surface area (Å²) in [5.41, 5.74) is 1.61. The molecule has 1 aromatic heterocycles. The van der Waals surface area contributed by atoms with Gasteiger partial charge in [0.2, 0.25) is 0 Å². The van der Waals surface area contributed by atoms with Crippen molar-refractivity contribution in [3.8, 4) is 0 Å². The molecule has 19 heavy (non-hydrogen) atoms. The van der Waals surface area contributed by atoms with Crippen molar-refractivity contribution in [3.05, 3.63) is 59.4 Å². The Morgan fingerprint density at radius 2 is 1.95 bits per heavy atom. The molecule has 0 amide bonds. The van der Waals surface area contributed by atoms with Crippen LogP contribution in [0.4, 0.5) is 18.9 Å². The van der Waals surface area contributed by atoms with Crippen molar-refractivity contribution in [2.24, 2.45) is 0 Å². The Kier molecular flexibility index (Phi) is 3.74. The number of halogens is 3. The Morgan fingerprint density at radius 1 is 1.16 bits per heavy atom. The first-order chi connectivity index (χ1) is 8.95. The molecule has 2 rings (SSSR count). The second-order valence-corrected chi connectivity index (χ2v) is 4.24. The van der Waals surface area contributed by atoms with Crippen molar-refractivity contribution in [2.75, 3.05) is 5.32 Å². The first kappa shape index (κ1) is 13.4. The van der Waals surface area contributed by atoms with Gasteiger partial charge in [-0.05, 0) is 36.8 Å². The topological polar surface area (TPSA) is 24.9 Å². The van der Waals surface area contributed by atoms with E-state index in [0.29, 0.717) is 12.2 Å². The van der Waals surface area contributed by atoms with Gasteiger partial charge < -0.3 is 5.32 Å². The summed E-state index contributed by atoms with van der Waals surface area (Å²) in [7, 11) is 0. The number of anilines is 1. The van der Waals surface area contributed by atoms with Gasteiger partial charge in [-0.15, -0.1) is 0 Å². The monoisotopic (exact) mass is 266 g/mol. The lowest BCUT2D eigenvalue weighted by molar-refractivity contribution is -0.137. The highest BCUT2D eigenvalue weighted by atomic mass is 19.4. The van der Waals surface area contributed by atoms with Crippen LogP contribution in [-0.2, 0) is 12.7 Å². The van der Waals surface area contributed by atoms with E-state index in [-0.39, 0.29) is 0 Å². The number of nitrogens with one attached hydrogen (secondary N) is 1. The zero-order valence-electron chi connectivity index (χ0n) is 10.3. The minimum absolute atomic E-state index is 0.439. The third kappa shape index (κ3) is 3.71. The van der Waals surface area contributed by atoms with Gasteiger partial charge in [0, 0.05) is 24.1 Å². The van der Waals surface area contributed by atoms with Gasteiger partial charge >= 0.3 is 6.18 Å². The van der Waals surface area contributed by atoms with Crippen LogP contribution in [0.15, 0.2) is 42.6 Å². The molecule has 0 radical (unpaired) electrons. The summed E-state index contributed by atoms with van der Waals surface area (Å²) in [6.07, 6.45) is -2.61. The van der Waals surface area contributed by atoms with Gasteiger partial charge in [-0.2, -0.15) is 13.2 Å². The number of hydrogen-bond donors (Lipinski definition) is 1. The van der Waals surface area contributed by atoms with Crippen LogP contribution in [-0.4, -0.2) is 4.98 Å². The molecule has 1 aromatic carbocycles. The normalized spacial score (nSPS) is 11.4. The molecule has 0 aliphatic carbocycles. The van der Waals surface area contributed by atoms with E-state index in [1.165, 1.54) is 6.07 Å². The van der Waals surface area contributed by atoms with Gasteiger partial charge in [-0.25, -0.2) is 0 Å². The summed E-state index contributed by atoms with van der Waals surface area (Å²) in [5, 5.41) is 2.95. The number of aryl methyl sites for hydroxylation is 1. The molecule has 1 heterocycles. The zero-order chi connectivity index (χ0) is 13.9. The molecule has 0 aliphatic heterocycles. The molecule has 0 saturated carbocycles. The van der Waals surface area contributed by atoms with Crippen molar-refractivity contribution >= 4 is 5.69 Å². The molecule has 100 valence electrons. The third-order valence-corrected chi connectivity index (χ3v) is 2.66. The van der Waals surface area contributed by atoms with Crippen molar-refractivity contribution in [2.45, 2.75) is 19.6 Å². The first-order valence-electron chi connectivity index (χ1n) is 5.78. The maximum Gasteiger partial charge on any atom is 0.416 e. The highest BCUT2D eigenvalue weighted by molar-refractivity contribution is 5.46. The maximum atomic E-state index is 12.5. The molecule has 0 fully saturated rings. The molecule has 0 spiro atoms. The predicted molar refractivity (Wildman–Crippen MR) is 67.7 cm³/mol. The fourth-order valence-electron chi connectivity index (χ4n) is 1.61. The standard InChI is InChI=1S/C14H13F3N2/c1-10-5-6-11(8-18-10)9-19-13-4-2-3-12(7-13)14(15,16)17/h2-8,19H,9H2,1H3. The maximum absolute atomic E-state index is 12.5.